The fourth-order valence-corrected chi connectivity index (χ4v) is 4.86. The van der Waals surface area contributed by atoms with Gasteiger partial charge < -0.3 is 15.1 Å². The van der Waals surface area contributed by atoms with Crippen molar-refractivity contribution in [3.8, 4) is 0 Å². The number of urea groups is 1. The van der Waals surface area contributed by atoms with Crippen LogP contribution in [0.5, 0.6) is 0 Å². The summed E-state index contributed by atoms with van der Waals surface area (Å²) in [7, 11) is 0. The zero-order chi connectivity index (χ0) is 21.5. The van der Waals surface area contributed by atoms with E-state index in [9.17, 15) is 9.59 Å². The largest absolute Gasteiger partial charge is 0.354 e. The van der Waals surface area contributed by atoms with Crippen LogP contribution in [0, 0.1) is 5.92 Å². The number of rotatable bonds is 7. The molecule has 1 N–H and O–H groups in total. The quantitative estimate of drug-likeness (QED) is 0.710. The predicted molar refractivity (Wildman–Crippen MR) is 121 cm³/mol. The van der Waals surface area contributed by atoms with Crippen molar-refractivity contribution in [2.24, 2.45) is 5.92 Å². The van der Waals surface area contributed by atoms with Gasteiger partial charge in [-0.15, -0.1) is 0 Å². The van der Waals surface area contributed by atoms with Crippen LogP contribution in [0.3, 0.4) is 0 Å². The number of amides is 3. The Hall–Kier alpha value is -1.79. The Morgan fingerprint density at radius 3 is 2.33 bits per heavy atom. The maximum atomic E-state index is 12.9. The molecule has 3 amide bonds. The molecule has 1 aromatic carbocycles. The smallest absolute Gasteiger partial charge is 0.319 e. The number of likely N-dealkylation sites (tertiary alicyclic amines) is 2. The maximum Gasteiger partial charge on any atom is 0.319 e. The summed E-state index contributed by atoms with van der Waals surface area (Å²) in [6, 6.07) is 8.13. The molecule has 2 fully saturated rings. The highest BCUT2D eigenvalue weighted by Crippen LogP contribution is 2.30. The van der Waals surface area contributed by atoms with Crippen molar-refractivity contribution in [1.29, 1.82) is 0 Å². The molecule has 1 unspecified atom stereocenters. The van der Waals surface area contributed by atoms with Gasteiger partial charge in [0.15, 0.2) is 0 Å². The van der Waals surface area contributed by atoms with Crippen LogP contribution >= 0.6 is 11.6 Å². The molecule has 0 aromatic heterocycles. The van der Waals surface area contributed by atoms with Crippen LogP contribution in [-0.2, 0) is 4.79 Å². The lowest BCUT2D eigenvalue weighted by molar-refractivity contribution is -0.126. The van der Waals surface area contributed by atoms with Crippen molar-refractivity contribution in [3.05, 3.63) is 34.9 Å². The molecule has 7 heteroatoms. The fraction of sp³-hybridized carbons (Fsp3) is 0.652. The Labute approximate surface area is 185 Å². The molecule has 166 valence electrons. The van der Waals surface area contributed by atoms with Gasteiger partial charge in [-0.05, 0) is 64.3 Å². The third-order valence-corrected chi connectivity index (χ3v) is 6.83. The average Bonchev–Trinajstić information content (AvgIpc) is 3.30. The number of carbonyl (C=O) groups excluding carboxylic acids is 2. The van der Waals surface area contributed by atoms with E-state index in [2.05, 4.69) is 16.3 Å². The van der Waals surface area contributed by atoms with Crippen LogP contribution in [0.15, 0.2) is 24.3 Å². The zero-order valence-corrected chi connectivity index (χ0v) is 19.0. The molecule has 2 aliphatic rings. The van der Waals surface area contributed by atoms with E-state index in [1.807, 2.05) is 41.8 Å². The molecule has 6 nitrogen and oxygen atoms in total. The predicted octanol–water partition coefficient (Wildman–Crippen LogP) is 3.77. The lowest BCUT2D eigenvalue weighted by Crippen LogP contribution is -2.49. The molecule has 0 aliphatic carbocycles. The number of halogens is 1. The highest BCUT2D eigenvalue weighted by Gasteiger charge is 2.30. The highest BCUT2D eigenvalue weighted by molar-refractivity contribution is 6.31. The van der Waals surface area contributed by atoms with Crippen molar-refractivity contribution in [2.75, 3.05) is 45.8 Å². The molecule has 1 aromatic rings. The normalized spacial score (nSPS) is 19.0. The average molecular weight is 435 g/mol. The monoisotopic (exact) mass is 434 g/mol. The fourth-order valence-electron chi connectivity index (χ4n) is 4.60. The molecule has 2 heterocycles. The maximum absolute atomic E-state index is 12.9. The molecule has 0 saturated carbocycles. The van der Waals surface area contributed by atoms with Gasteiger partial charge in [0, 0.05) is 43.7 Å². The van der Waals surface area contributed by atoms with Gasteiger partial charge in [0.05, 0.1) is 6.04 Å². The van der Waals surface area contributed by atoms with Crippen LogP contribution in [-0.4, -0.2) is 72.5 Å². The minimum Gasteiger partial charge on any atom is -0.354 e. The minimum atomic E-state index is -0.0313. The molecule has 3 rings (SSSR count). The molecule has 0 bridgehead atoms. The molecule has 1 atom stereocenters. The van der Waals surface area contributed by atoms with Gasteiger partial charge in [-0.2, -0.15) is 0 Å². The van der Waals surface area contributed by atoms with Crippen LogP contribution in [0.1, 0.15) is 51.1 Å². The third-order valence-electron chi connectivity index (χ3n) is 6.49. The highest BCUT2D eigenvalue weighted by atomic mass is 35.5. The second-order valence-corrected chi connectivity index (χ2v) is 8.65. The minimum absolute atomic E-state index is 0.0313. The van der Waals surface area contributed by atoms with Crippen LogP contribution in [0.25, 0.3) is 0 Å². The van der Waals surface area contributed by atoms with Crippen molar-refractivity contribution in [1.82, 2.24) is 20.0 Å². The Morgan fingerprint density at radius 1 is 1.10 bits per heavy atom. The van der Waals surface area contributed by atoms with Gasteiger partial charge >= 0.3 is 6.03 Å². The number of hydrogen-bond donors (Lipinski definition) is 1. The third kappa shape index (κ3) is 5.46. The van der Waals surface area contributed by atoms with E-state index in [0.29, 0.717) is 19.6 Å². The second-order valence-electron chi connectivity index (χ2n) is 8.24. The van der Waals surface area contributed by atoms with E-state index in [0.717, 1.165) is 49.6 Å². The molecule has 0 spiro atoms. The van der Waals surface area contributed by atoms with Gasteiger partial charge in [-0.25, -0.2) is 4.79 Å². The van der Waals surface area contributed by atoms with Crippen molar-refractivity contribution in [2.45, 2.75) is 45.6 Å². The SMILES string of the molecule is CCN(CC)C(=O)N1CCC(C(=O)NCC(c2ccccc2Cl)N2CCCC2)CC1. The van der Waals surface area contributed by atoms with E-state index in [1.165, 1.54) is 12.8 Å². The summed E-state index contributed by atoms with van der Waals surface area (Å²) >= 11 is 6.48. The first kappa shape index (κ1) is 22.9. The van der Waals surface area contributed by atoms with Gasteiger partial charge in [-0.3, -0.25) is 9.69 Å². The topological polar surface area (TPSA) is 55.9 Å². The van der Waals surface area contributed by atoms with Crippen LogP contribution in [0.4, 0.5) is 4.79 Å². The molecule has 2 aliphatic heterocycles. The summed E-state index contributed by atoms with van der Waals surface area (Å²) in [6.07, 6.45) is 3.82. The lowest BCUT2D eigenvalue weighted by Gasteiger charge is -2.35. The molecule has 2 saturated heterocycles. The number of hydrogen-bond acceptors (Lipinski definition) is 3. The number of nitrogens with one attached hydrogen (secondary N) is 1. The van der Waals surface area contributed by atoms with Gasteiger partial charge in [0.1, 0.15) is 0 Å². The first-order valence-electron chi connectivity index (χ1n) is 11.3. The zero-order valence-electron chi connectivity index (χ0n) is 18.3. The molecule has 0 radical (unpaired) electrons. The van der Waals surface area contributed by atoms with Crippen molar-refractivity contribution >= 4 is 23.5 Å². The summed E-state index contributed by atoms with van der Waals surface area (Å²) in [6.45, 7) is 9.37. The number of carbonyl (C=O) groups is 2. The van der Waals surface area contributed by atoms with Crippen LogP contribution < -0.4 is 5.32 Å². The standard InChI is InChI=1S/C23H35ClN4O2/c1-3-26(4-2)23(30)28-15-11-18(12-16-28)22(29)25-17-21(27-13-7-8-14-27)19-9-5-6-10-20(19)24/h5-6,9-10,18,21H,3-4,7-8,11-17H2,1-2H3,(H,25,29). The summed E-state index contributed by atoms with van der Waals surface area (Å²) in [5, 5.41) is 3.95. The van der Waals surface area contributed by atoms with E-state index in [1.54, 1.807) is 0 Å². The summed E-state index contributed by atoms with van der Waals surface area (Å²) in [5.74, 6) is 0.0671. The van der Waals surface area contributed by atoms with E-state index in [4.69, 9.17) is 11.6 Å². The number of piperidine rings is 1. The van der Waals surface area contributed by atoms with E-state index < -0.39 is 0 Å². The second kappa shape index (κ2) is 11.0. The van der Waals surface area contributed by atoms with E-state index >= 15 is 0 Å². The first-order valence-corrected chi connectivity index (χ1v) is 11.7. The van der Waals surface area contributed by atoms with Crippen LogP contribution in [0.2, 0.25) is 5.02 Å². The Kier molecular flexibility index (Phi) is 8.40. The Balaban J connectivity index is 1.55. The summed E-state index contributed by atoms with van der Waals surface area (Å²) in [4.78, 5) is 31.5. The first-order chi connectivity index (χ1) is 14.5. The van der Waals surface area contributed by atoms with Gasteiger partial charge in [0.25, 0.3) is 0 Å². The lowest BCUT2D eigenvalue weighted by atomic mass is 9.95. The number of nitrogens with zero attached hydrogens (tertiary/aromatic N) is 3. The van der Waals surface area contributed by atoms with E-state index in [-0.39, 0.29) is 23.9 Å². The molecular formula is C23H35ClN4O2. The number of benzene rings is 1. The Morgan fingerprint density at radius 2 is 1.73 bits per heavy atom. The van der Waals surface area contributed by atoms with Crippen molar-refractivity contribution < 1.29 is 9.59 Å². The Bertz CT molecular complexity index is 711. The summed E-state index contributed by atoms with van der Waals surface area (Å²) in [5.41, 5.74) is 1.08. The van der Waals surface area contributed by atoms with Crippen molar-refractivity contribution in [3.63, 3.8) is 0 Å². The molecular weight excluding hydrogens is 400 g/mol. The van der Waals surface area contributed by atoms with Gasteiger partial charge in [-0.1, -0.05) is 29.8 Å². The molecule has 30 heavy (non-hydrogen) atoms. The summed E-state index contributed by atoms with van der Waals surface area (Å²) < 4.78 is 0. The van der Waals surface area contributed by atoms with Gasteiger partial charge in [0.2, 0.25) is 5.91 Å².